The molecule has 1 saturated heterocycles. The minimum Gasteiger partial charge on any atom is -0.350 e. The third-order valence-electron chi connectivity index (χ3n) is 3.58. The molecule has 3 N–H and O–H groups in total. The van der Waals surface area contributed by atoms with E-state index >= 15 is 0 Å². The number of benzene rings is 1. The molecule has 8 heteroatoms. The summed E-state index contributed by atoms with van der Waals surface area (Å²) < 4.78 is 26.3. The Balaban J connectivity index is 0.00000264. The SMILES string of the molecule is CCCS(=O)(=O)Nc1ccccc1C(=O)NCC1CCCN1.Cl. The van der Waals surface area contributed by atoms with Crippen molar-refractivity contribution in [2.75, 3.05) is 23.6 Å². The molecule has 2 rings (SSSR count). The fraction of sp³-hybridized carbons (Fsp3) is 0.533. The van der Waals surface area contributed by atoms with Gasteiger partial charge in [-0.15, -0.1) is 12.4 Å². The molecule has 0 radical (unpaired) electrons. The number of carbonyl (C=O) groups is 1. The number of halogens is 1. The second-order valence-electron chi connectivity index (χ2n) is 5.47. The average Bonchev–Trinajstić information content (AvgIpc) is 2.98. The maximum atomic E-state index is 12.3. The molecule has 1 amide bonds. The molecule has 0 saturated carbocycles. The van der Waals surface area contributed by atoms with Crippen molar-refractivity contribution < 1.29 is 13.2 Å². The number of hydrogen-bond acceptors (Lipinski definition) is 4. The Morgan fingerprint density at radius 2 is 2.09 bits per heavy atom. The van der Waals surface area contributed by atoms with Crippen LogP contribution in [0.4, 0.5) is 5.69 Å². The summed E-state index contributed by atoms with van der Waals surface area (Å²) in [5.41, 5.74) is 0.674. The van der Waals surface area contributed by atoms with Crippen LogP contribution in [0.5, 0.6) is 0 Å². The third kappa shape index (κ3) is 6.01. The van der Waals surface area contributed by atoms with E-state index in [9.17, 15) is 13.2 Å². The highest BCUT2D eigenvalue weighted by atomic mass is 35.5. The molecule has 1 atom stereocenters. The van der Waals surface area contributed by atoms with E-state index in [1.165, 1.54) is 0 Å². The van der Waals surface area contributed by atoms with Crippen LogP contribution in [0.25, 0.3) is 0 Å². The normalized spacial score (nSPS) is 17.3. The summed E-state index contributed by atoms with van der Waals surface area (Å²) in [4.78, 5) is 12.3. The largest absolute Gasteiger partial charge is 0.350 e. The van der Waals surface area contributed by atoms with Gasteiger partial charge in [-0.3, -0.25) is 9.52 Å². The fourth-order valence-electron chi connectivity index (χ4n) is 2.50. The van der Waals surface area contributed by atoms with Gasteiger partial charge in [0.25, 0.3) is 5.91 Å². The lowest BCUT2D eigenvalue weighted by molar-refractivity contribution is 0.0951. The molecular weight excluding hydrogens is 338 g/mol. The van der Waals surface area contributed by atoms with Crippen LogP contribution in [0.3, 0.4) is 0 Å². The van der Waals surface area contributed by atoms with Gasteiger partial charge in [0.1, 0.15) is 0 Å². The minimum absolute atomic E-state index is 0. The van der Waals surface area contributed by atoms with Gasteiger partial charge in [0, 0.05) is 12.6 Å². The number of para-hydroxylation sites is 1. The van der Waals surface area contributed by atoms with Gasteiger partial charge in [-0.25, -0.2) is 8.42 Å². The Kier molecular flexibility index (Phi) is 7.81. The molecule has 1 aromatic carbocycles. The predicted molar refractivity (Wildman–Crippen MR) is 94.7 cm³/mol. The van der Waals surface area contributed by atoms with Gasteiger partial charge in [-0.2, -0.15) is 0 Å². The highest BCUT2D eigenvalue weighted by Gasteiger charge is 2.18. The second-order valence-corrected chi connectivity index (χ2v) is 7.31. The molecule has 1 fully saturated rings. The number of sulfonamides is 1. The topological polar surface area (TPSA) is 87.3 Å². The molecule has 23 heavy (non-hydrogen) atoms. The van der Waals surface area contributed by atoms with Crippen LogP contribution < -0.4 is 15.4 Å². The summed E-state index contributed by atoms with van der Waals surface area (Å²) in [5, 5.41) is 6.17. The zero-order valence-corrected chi connectivity index (χ0v) is 14.8. The highest BCUT2D eigenvalue weighted by molar-refractivity contribution is 7.92. The van der Waals surface area contributed by atoms with Crippen LogP contribution in [-0.2, 0) is 10.0 Å². The Bertz CT molecular complexity index is 616. The lowest BCUT2D eigenvalue weighted by Crippen LogP contribution is -2.37. The Labute approximate surface area is 143 Å². The Hall–Kier alpha value is -1.31. The first-order valence-corrected chi connectivity index (χ1v) is 9.28. The van der Waals surface area contributed by atoms with Gasteiger partial charge >= 0.3 is 0 Å². The first-order chi connectivity index (χ1) is 10.5. The van der Waals surface area contributed by atoms with Crippen LogP contribution >= 0.6 is 12.4 Å². The van der Waals surface area contributed by atoms with Crippen molar-refractivity contribution in [3.63, 3.8) is 0 Å². The quantitative estimate of drug-likeness (QED) is 0.690. The molecule has 1 aliphatic heterocycles. The molecule has 0 bridgehead atoms. The number of anilines is 1. The smallest absolute Gasteiger partial charge is 0.253 e. The van der Waals surface area contributed by atoms with E-state index in [0.717, 1.165) is 19.4 Å². The first-order valence-electron chi connectivity index (χ1n) is 7.63. The van der Waals surface area contributed by atoms with Gasteiger partial charge in [0.15, 0.2) is 0 Å². The van der Waals surface area contributed by atoms with Gasteiger partial charge < -0.3 is 10.6 Å². The van der Waals surface area contributed by atoms with Gasteiger partial charge in [-0.05, 0) is 37.9 Å². The van der Waals surface area contributed by atoms with E-state index in [1.54, 1.807) is 31.2 Å². The molecule has 1 aliphatic rings. The first kappa shape index (κ1) is 19.7. The maximum Gasteiger partial charge on any atom is 0.253 e. The van der Waals surface area contributed by atoms with E-state index in [4.69, 9.17) is 0 Å². The lowest BCUT2D eigenvalue weighted by atomic mass is 10.1. The second kappa shape index (κ2) is 9.10. The molecule has 1 heterocycles. The molecule has 1 aromatic rings. The van der Waals surface area contributed by atoms with Crippen molar-refractivity contribution in [1.29, 1.82) is 0 Å². The van der Waals surface area contributed by atoms with Crippen molar-refractivity contribution in [3.8, 4) is 0 Å². The van der Waals surface area contributed by atoms with Crippen LogP contribution in [0.2, 0.25) is 0 Å². The number of amides is 1. The number of rotatable bonds is 7. The highest BCUT2D eigenvalue weighted by Crippen LogP contribution is 2.17. The zero-order chi connectivity index (χ0) is 16.0. The van der Waals surface area contributed by atoms with E-state index in [2.05, 4.69) is 15.4 Å². The van der Waals surface area contributed by atoms with Crippen molar-refractivity contribution in [2.24, 2.45) is 0 Å². The summed E-state index contributed by atoms with van der Waals surface area (Å²) in [5.74, 6) is -0.224. The lowest BCUT2D eigenvalue weighted by Gasteiger charge is -2.14. The molecule has 0 aliphatic carbocycles. The predicted octanol–water partition coefficient (Wildman–Crippen LogP) is 1.74. The van der Waals surface area contributed by atoms with Crippen molar-refractivity contribution >= 4 is 34.0 Å². The van der Waals surface area contributed by atoms with E-state index in [0.29, 0.717) is 30.3 Å². The van der Waals surface area contributed by atoms with Crippen LogP contribution in [-0.4, -0.2) is 39.2 Å². The number of nitrogens with one attached hydrogen (secondary N) is 3. The summed E-state index contributed by atoms with van der Waals surface area (Å²) in [6.07, 6.45) is 2.69. The summed E-state index contributed by atoms with van der Waals surface area (Å²) in [6, 6.07) is 6.96. The average molecular weight is 362 g/mol. The summed E-state index contributed by atoms with van der Waals surface area (Å²) >= 11 is 0. The van der Waals surface area contributed by atoms with Gasteiger partial charge in [-0.1, -0.05) is 19.1 Å². The Morgan fingerprint density at radius 1 is 1.35 bits per heavy atom. The van der Waals surface area contributed by atoms with Crippen molar-refractivity contribution in [2.45, 2.75) is 32.2 Å². The molecule has 0 spiro atoms. The van der Waals surface area contributed by atoms with E-state index in [-0.39, 0.29) is 24.1 Å². The van der Waals surface area contributed by atoms with E-state index < -0.39 is 10.0 Å². The maximum absolute atomic E-state index is 12.3. The molecular formula is C15H24ClN3O3S. The number of hydrogen-bond donors (Lipinski definition) is 3. The zero-order valence-electron chi connectivity index (χ0n) is 13.2. The molecule has 0 aromatic heterocycles. The van der Waals surface area contributed by atoms with Gasteiger partial charge in [0.2, 0.25) is 10.0 Å². The molecule has 1 unspecified atom stereocenters. The third-order valence-corrected chi connectivity index (χ3v) is 5.06. The van der Waals surface area contributed by atoms with E-state index in [1.807, 2.05) is 0 Å². The van der Waals surface area contributed by atoms with Crippen LogP contribution in [0.1, 0.15) is 36.5 Å². The molecule has 130 valence electrons. The fourth-order valence-corrected chi connectivity index (χ4v) is 3.65. The van der Waals surface area contributed by atoms with Crippen molar-refractivity contribution in [3.05, 3.63) is 29.8 Å². The monoisotopic (exact) mass is 361 g/mol. The van der Waals surface area contributed by atoms with Gasteiger partial charge in [0.05, 0.1) is 17.0 Å². The van der Waals surface area contributed by atoms with Crippen LogP contribution in [0.15, 0.2) is 24.3 Å². The van der Waals surface area contributed by atoms with Crippen LogP contribution in [0, 0.1) is 0 Å². The molecule has 6 nitrogen and oxygen atoms in total. The van der Waals surface area contributed by atoms with Crippen molar-refractivity contribution in [1.82, 2.24) is 10.6 Å². The standard InChI is InChI=1S/C15H23N3O3S.ClH/c1-2-10-22(20,21)18-14-8-4-3-7-13(14)15(19)17-11-12-6-5-9-16-12;/h3-4,7-8,12,16,18H,2,5-6,9-11H2,1H3,(H,17,19);1H. The summed E-state index contributed by atoms with van der Waals surface area (Å²) in [6.45, 7) is 3.33. The minimum atomic E-state index is -3.41. The Morgan fingerprint density at radius 3 is 2.74 bits per heavy atom. The summed E-state index contributed by atoms with van der Waals surface area (Å²) in [7, 11) is -3.41. The number of carbonyl (C=O) groups excluding carboxylic acids is 1.